The molecule has 1 saturated heterocycles. The predicted octanol–water partition coefficient (Wildman–Crippen LogP) is 1.95. The van der Waals surface area contributed by atoms with E-state index in [9.17, 15) is 4.39 Å². The number of halogens is 1. The van der Waals surface area contributed by atoms with Crippen LogP contribution in [0.15, 0.2) is 23.2 Å². The summed E-state index contributed by atoms with van der Waals surface area (Å²) in [4.78, 5) is 8.63. The third-order valence-corrected chi connectivity index (χ3v) is 4.63. The molecule has 1 unspecified atom stereocenters. The van der Waals surface area contributed by atoms with Crippen molar-refractivity contribution in [1.82, 2.24) is 15.1 Å². The van der Waals surface area contributed by atoms with E-state index >= 15 is 0 Å². The van der Waals surface area contributed by atoms with Crippen molar-refractivity contribution in [3.05, 3.63) is 35.1 Å². The monoisotopic (exact) mass is 380 g/mol. The summed E-state index contributed by atoms with van der Waals surface area (Å²) in [5.41, 5.74) is 1.76. The van der Waals surface area contributed by atoms with Gasteiger partial charge < -0.3 is 24.6 Å². The van der Waals surface area contributed by atoms with Crippen LogP contribution in [0.3, 0.4) is 0 Å². The zero-order valence-corrected chi connectivity index (χ0v) is 17.0. The molecule has 0 bridgehead atoms. The highest BCUT2D eigenvalue weighted by Gasteiger charge is 2.24. The van der Waals surface area contributed by atoms with Crippen LogP contribution in [-0.2, 0) is 22.6 Å². The summed E-state index contributed by atoms with van der Waals surface area (Å²) in [5.74, 6) is 1.23. The summed E-state index contributed by atoms with van der Waals surface area (Å²) in [6.45, 7) is 5.13. The maximum absolute atomic E-state index is 13.9. The molecule has 1 aromatic carbocycles. The number of hydrogen-bond donors (Lipinski definition) is 1. The van der Waals surface area contributed by atoms with Crippen LogP contribution in [0.2, 0.25) is 0 Å². The van der Waals surface area contributed by atoms with Gasteiger partial charge in [-0.05, 0) is 38.2 Å². The molecular formula is C20H33FN4O2. The molecule has 6 nitrogen and oxygen atoms in total. The van der Waals surface area contributed by atoms with Crippen LogP contribution >= 0.6 is 0 Å². The van der Waals surface area contributed by atoms with Gasteiger partial charge in [0.05, 0.1) is 19.8 Å². The first-order valence-corrected chi connectivity index (χ1v) is 9.47. The molecule has 152 valence electrons. The summed E-state index contributed by atoms with van der Waals surface area (Å²) in [7, 11) is 7.36. The van der Waals surface area contributed by atoms with Crippen LogP contribution in [0.25, 0.3) is 0 Å². The number of hydrogen-bond acceptors (Lipinski definition) is 4. The fraction of sp³-hybridized carbons (Fsp3) is 0.650. The van der Waals surface area contributed by atoms with Gasteiger partial charge in [0.25, 0.3) is 0 Å². The van der Waals surface area contributed by atoms with Crippen molar-refractivity contribution < 1.29 is 13.9 Å². The first kappa shape index (κ1) is 21.6. The van der Waals surface area contributed by atoms with Crippen molar-refractivity contribution in [1.29, 1.82) is 0 Å². The standard InChI is InChI=1S/C20H33FN4O2/c1-22-20(25-8-7-17(13-25)15-27-10-9-26-4)23-12-16-5-6-19(21)18(11-16)14-24(2)3/h5-6,11,17H,7-10,12-15H2,1-4H3,(H,22,23). The minimum Gasteiger partial charge on any atom is -0.382 e. The van der Waals surface area contributed by atoms with E-state index in [2.05, 4.69) is 15.2 Å². The molecule has 0 radical (unpaired) electrons. The number of likely N-dealkylation sites (tertiary alicyclic amines) is 1. The molecule has 1 aliphatic heterocycles. The van der Waals surface area contributed by atoms with Crippen LogP contribution in [0.5, 0.6) is 0 Å². The van der Waals surface area contributed by atoms with Crippen LogP contribution in [0.1, 0.15) is 17.5 Å². The van der Waals surface area contributed by atoms with Gasteiger partial charge in [0.1, 0.15) is 5.82 Å². The van der Waals surface area contributed by atoms with E-state index in [1.165, 1.54) is 0 Å². The quantitative estimate of drug-likeness (QED) is 0.403. The minimum absolute atomic E-state index is 0.160. The molecule has 1 aliphatic rings. The van der Waals surface area contributed by atoms with Crippen LogP contribution in [0.4, 0.5) is 4.39 Å². The van der Waals surface area contributed by atoms with E-state index in [-0.39, 0.29) is 5.82 Å². The Balaban J connectivity index is 1.84. The molecule has 7 heteroatoms. The maximum atomic E-state index is 13.9. The van der Waals surface area contributed by atoms with Crippen molar-refractivity contribution in [2.45, 2.75) is 19.5 Å². The molecule has 0 amide bonds. The van der Waals surface area contributed by atoms with Gasteiger partial charge in [0.15, 0.2) is 5.96 Å². The lowest BCUT2D eigenvalue weighted by atomic mass is 10.1. The topological polar surface area (TPSA) is 49.3 Å². The van der Waals surface area contributed by atoms with E-state index < -0.39 is 0 Å². The van der Waals surface area contributed by atoms with Gasteiger partial charge in [0.2, 0.25) is 0 Å². The molecule has 27 heavy (non-hydrogen) atoms. The molecule has 2 rings (SSSR count). The zero-order chi connectivity index (χ0) is 19.6. The fourth-order valence-electron chi connectivity index (χ4n) is 3.27. The van der Waals surface area contributed by atoms with Crippen LogP contribution < -0.4 is 5.32 Å². The minimum atomic E-state index is -0.160. The third kappa shape index (κ3) is 7.08. The molecule has 1 fully saturated rings. The highest BCUT2D eigenvalue weighted by molar-refractivity contribution is 5.80. The van der Waals surface area contributed by atoms with Gasteiger partial charge in [-0.2, -0.15) is 0 Å². The summed E-state index contributed by atoms with van der Waals surface area (Å²) in [5, 5.41) is 3.40. The predicted molar refractivity (Wildman–Crippen MR) is 106 cm³/mol. The van der Waals surface area contributed by atoms with Crippen molar-refractivity contribution in [2.24, 2.45) is 10.9 Å². The molecule has 0 spiro atoms. The van der Waals surface area contributed by atoms with Gasteiger partial charge in [-0.3, -0.25) is 4.99 Å². The van der Waals surface area contributed by atoms with E-state index in [1.54, 1.807) is 20.2 Å². The zero-order valence-electron chi connectivity index (χ0n) is 17.0. The SMILES string of the molecule is CN=C(NCc1ccc(F)c(CN(C)C)c1)N1CCC(COCCOC)C1. The number of aliphatic imine (C=N–C) groups is 1. The molecule has 1 aromatic rings. The molecule has 1 N–H and O–H groups in total. The Labute approximate surface area is 162 Å². The van der Waals surface area contributed by atoms with Crippen molar-refractivity contribution in [3.8, 4) is 0 Å². The average molecular weight is 381 g/mol. The molecule has 1 atom stereocenters. The summed E-state index contributed by atoms with van der Waals surface area (Å²) >= 11 is 0. The third-order valence-electron chi connectivity index (χ3n) is 4.63. The number of nitrogens with zero attached hydrogens (tertiary/aromatic N) is 3. The highest BCUT2D eigenvalue weighted by atomic mass is 19.1. The maximum Gasteiger partial charge on any atom is 0.193 e. The molecule has 0 aromatic heterocycles. The van der Waals surface area contributed by atoms with Gasteiger partial charge >= 0.3 is 0 Å². The number of rotatable bonds is 9. The second kappa shape index (κ2) is 11.2. The Hall–Kier alpha value is -1.70. The van der Waals surface area contributed by atoms with Crippen LogP contribution in [-0.4, -0.2) is 76.9 Å². The Kier molecular flexibility index (Phi) is 8.97. The molecule has 0 saturated carbocycles. The summed E-state index contributed by atoms with van der Waals surface area (Å²) < 4.78 is 24.6. The Morgan fingerprint density at radius 2 is 2.19 bits per heavy atom. The van der Waals surface area contributed by atoms with E-state index in [0.29, 0.717) is 37.8 Å². The van der Waals surface area contributed by atoms with E-state index in [0.717, 1.165) is 37.6 Å². The van der Waals surface area contributed by atoms with Crippen molar-refractivity contribution in [3.63, 3.8) is 0 Å². The smallest absolute Gasteiger partial charge is 0.193 e. The highest BCUT2D eigenvalue weighted by Crippen LogP contribution is 2.17. The second-order valence-corrected chi connectivity index (χ2v) is 7.23. The number of nitrogens with one attached hydrogen (secondary N) is 1. The average Bonchev–Trinajstić information content (AvgIpc) is 3.10. The van der Waals surface area contributed by atoms with Crippen molar-refractivity contribution in [2.75, 3.05) is 61.2 Å². The van der Waals surface area contributed by atoms with Gasteiger partial charge in [-0.15, -0.1) is 0 Å². The molecular weight excluding hydrogens is 347 g/mol. The van der Waals surface area contributed by atoms with Crippen LogP contribution in [0, 0.1) is 11.7 Å². The number of benzene rings is 1. The largest absolute Gasteiger partial charge is 0.382 e. The normalized spacial score (nSPS) is 17.8. The Bertz CT molecular complexity index is 610. The lowest BCUT2D eigenvalue weighted by molar-refractivity contribution is 0.0536. The second-order valence-electron chi connectivity index (χ2n) is 7.23. The number of guanidine groups is 1. The lowest BCUT2D eigenvalue weighted by Crippen LogP contribution is -2.39. The van der Waals surface area contributed by atoms with Crippen molar-refractivity contribution >= 4 is 5.96 Å². The molecule has 1 heterocycles. The Morgan fingerprint density at radius 1 is 1.37 bits per heavy atom. The Morgan fingerprint density at radius 3 is 2.89 bits per heavy atom. The van der Waals surface area contributed by atoms with E-state index in [1.807, 2.05) is 31.1 Å². The van der Waals surface area contributed by atoms with Gasteiger partial charge in [0, 0.05) is 51.8 Å². The van der Waals surface area contributed by atoms with Gasteiger partial charge in [-0.25, -0.2) is 4.39 Å². The summed E-state index contributed by atoms with van der Waals surface area (Å²) in [6.07, 6.45) is 1.09. The lowest BCUT2D eigenvalue weighted by Gasteiger charge is -2.22. The first-order valence-electron chi connectivity index (χ1n) is 9.47. The van der Waals surface area contributed by atoms with Gasteiger partial charge in [-0.1, -0.05) is 6.07 Å². The van der Waals surface area contributed by atoms with E-state index in [4.69, 9.17) is 9.47 Å². The number of ether oxygens (including phenoxy) is 2. The molecule has 0 aliphatic carbocycles. The fourth-order valence-corrected chi connectivity index (χ4v) is 3.27. The first-order chi connectivity index (χ1) is 13.0. The number of methoxy groups -OCH3 is 1. The summed E-state index contributed by atoms with van der Waals surface area (Å²) in [6, 6.07) is 5.29.